The predicted molar refractivity (Wildman–Crippen MR) is 129 cm³/mol. The Bertz CT molecular complexity index is 953. The normalized spacial score (nSPS) is 17.4. The van der Waals surface area contributed by atoms with Gasteiger partial charge in [0, 0.05) is 24.1 Å². The maximum absolute atomic E-state index is 12.5. The van der Waals surface area contributed by atoms with E-state index in [4.69, 9.17) is 9.84 Å². The molecule has 2 atom stereocenters. The van der Waals surface area contributed by atoms with Crippen LogP contribution in [0.25, 0.3) is 0 Å². The zero-order chi connectivity index (χ0) is 24.0. The molecule has 1 aliphatic heterocycles. The summed E-state index contributed by atoms with van der Waals surface area (Å²) in [7, 11) is 0. The molecule has 178 valence electrons. The highest BCUT2D eigenvalue weighted by Gasteiger charge is 2.34. The number of Topliss-reactive ketones (excluding diaryl/α,β-unsaturated/α-hetero) is 1. The summed E-state index contributed by atoms with van der Waals surface area (Å²) in [6, 6.07) is 14.4. The number of aromatic carboxylic acids is 1. The van der Waals surface area contributed by atoms with Crippen molar-refractivity contribution in [1.82, 2.24) is 0 Å². The fourth-order valence-electron chi connectivity index (χ4n) is 4.33. The van der Waals surface area contributed by atoms with Gasteiger partial charge in [-0.05, 0) is 41.8 Å². The molecule has 0 radical (unpaired) electrons. The van der Waals surface area contributed by atoms with Gasteiger partial charge in [0.1, 0.15) is 6.04 Å². The number of carbonyl (C=O) groups is 2. The lowest BCUT2D eigenvalue weighted by molar-refractivity contribution is -0.119. The molecule has 1 aliphatic rings. The van der Waals surface area contributed by atoms with Crippen LogP contribution in [-0.2, 0) is 21.6 Å². The number of rotatable bonds is 11. The molecule has 33 heavy (non-hydrogen) atoms. The van der Waals surface area contributed by atoms with Crippen LogP contribution in [0.4, 0.5) is 5.69 Å². The third kappa shape index (κ3) is 6.01. The van der Waals surface area contributed by atoms with Crippen LogP contribution in [0, 0.1) is 0 Å². The third-order valence-electron chi connectivity index (χ3n) is 6.67. The Hall–Kier alpha value is -2.70. The molecular weight excluding hydrogens is 418 g/mol. The average Bonchev–Trinajstić information content (AvgIpc) is 3.18. The molecule has 6 heteroatoms. The number of benzene rings is 2. The number of nitrogens with zero attached hydrogens (tertiary/aromatic N) is 1. The number of unbranched alkanes of at least 4 members (excludes halogenated alkanes) is 1. The molecule has 2 unspecified atom stereocenters. The predicted octanol–water partition coefficient (Wildman–Crippen LogP) is 4.58. The maximum Gasteiger partial charge on any atom is 0.335 e. The summed E-state index contributed by atoms with van der Waals surface area (Å²) < 4.78 is 5.82. The van der Waals surface area contributed by atoms with Crippen molar-refractivity contribution in [3.8, 4) is 0 Å². The van der Waals surface area contributed by atoms with E-state index in [1.807, 2.05) is 30.3 Å². The van der Waals surface area contributed by atoms with Gasteiger partial charge in [-0.1, -0.05) is 57.9 Å². The van der Waals surface area contributed by atoms with Crippen molar-refractivity contribution < 1.29 is 24.5 Å². The van der Waals surface area contributed by atoms with Gasteiger partial charge in [-0.15, -0.1) is 0 Å². The number of carbonyl (C=O) groups excluding carboxylic acids is 1. The number of hydrogen-bond acceptors (Lipinski definition) is 5. The SMILES string of the molecule is CCCCC(O)C(C)(C)c1ccc(N2CCC(=O)C2COCc2cccc(C(=O)O)c2)cc1. The lowest BCUT2D eigenvalue weighted by Crippen LogP contribution is -2.37. The molecule has 1 heterocycles. The molecule has 0 bridgehead atoms. The Kier molecular flexibility index (Phi) is 8.27. The first-order chi connectivity index (χ1) is 15.7. The number of carboxylic acids is 1. The molecule has 2 aromatic carbocycles. The molecule has 0 spiro atoms. The van der Waals surface area contributed by atoms with Gasteiger partial charge in [0.25, 0.3) is 0 Å². The largest absolute Gasteiger partial charge is 0.478 e. The first-order valence-corrected chi connectivity index (χ1v) is 11.7. The Morgan fingerprint density at radius 3 is 2.61 bits per heavy atom. The van der Waals surface area contributed by atoms with E-state index in [1.165, 1.54) is 0 Å². The van der Waals surface area contributed by atoms with E-state index in [0.717, 1.165) is 36.1 Å². The van der Waals surface area contributed by atoms with Crippen molar-refractivity contribution in [2.45, 2.75) is 70.6 Å². The minimum Gasteiger partial charge on any atom is -0.478 e. The number of aliphatic hydroxyl groups is 1. The van der Waals surface area contributed by atoms with E-state index in [-0.39, 0.29) is 36.0 Å². The molecular formula is C27H35NO5. The standard InChI is InChI=1S/C27H35NO5/c1-4-5-9-25(30)27(2,3)21-10-12-22(13-11-21)28-15-14-24(29)23(28)18-33-17-19-7-6-8-20(16-19)26(31)32/h6-8,10-13,16,23,25,30H,4-5,9,14-15,17-18H2,1-3H3,(H,31,32). The zero-order valence-corrected chi connectivity index (χ0v) is 19.8. The van der Waals surface area contributed by atoms with Gasteiger partial charge in [0.2, 0.25) is 0 Å². The summed E-state index contributed by atoms with van der Waals surface area (Å²) >= 11 is 0. The van der Waals surface area contributed by atoms with Gasteiger partial charge in [0.05, 0.1) is 24.9 Å². The number of ketones is 1. The summed E-state index contributed by atoms with van der Waals surface area (Å²) in [4.78, 5) is 25.7. The Labute approximate surface area is 196 Å². The van der Waals surface area contributed by atoms with Gasteiger partial charge in [0.15, 0.2) is 5.78 Å². The molecule has 1 fully saturated rings. The van der Waals surface area contributed by atoms with E-state index in [1.54, 1.807) is 18.2 Å². The maximum atomic E-state index is 12.5. The lowest BCUT2D eigenvalue weighted by Gasteiger charge is -2.32. The Morgan fingerprint density at radius 2 is 1.94 bits per heavy atom. The minimum absolute atomic E-state index is 0.147. The van der Waals surface area contributed by atoms with Crippen LogP contribution in [0.2, 0.25) is 0 Å². The quantitative estimate of drug-likeness (QED) is 0.518. The van der Waals surface area contributed by atoms with Crippen LogP contribution in [0.1, 0.15) is 67.9 Å². The second-order valence-corrected chi connectivity index (χ2v) is 9.37. The number of ether oxygens (including phenoxy) is 1. The smallest absolute Gasteiger partial charge is 0.335 e. The van der Waals surface area contributed by atoms with Crippen LogP contribution >= 0.6 is 0 Å². The summed E-state index contributed by atoms with van der Waals surface area (Å²) in [6.07, 6.45) is 2.91. The van der Waals surface area contributed by atoms with Crippen LogP contribution in [0.5, 0.6) is 0 Å². The van der Waals surface area contributed by atoms with Gasteiger partial charge >= 0.3 is 5.97 Å². The van der Waals surface area contributed by atoms with Crippen LogP contribution in [0.3, 0.4) is 0 Å². The second kappa shape index (κ2) is 10.9. The topological polar surface area (TPSA) is 87.1 Å². The van der Waals surface area contributed by atoms with Crippen LogP contribution in [0.15, 0.2) is 48.5 Å². The third-order valence-corrected chi connectivity index (χ3v) is 6.67. The highest BCUT2D eigenvalue weighted by atomic mass is 16.5. The van der Waals surface area contributed by atoms with Crippen molar-refractivity contribution in [2.24, 2.45) is 0 Å². The van der Waals surface area contributed by atoms with Crippen molar-refractivity contribution in [3.63, 3.8) is 0 Å². The molecule has 0 saturated carbocycles. The summed E-state index contributed by atoms with van der Waals surface area (Å²) in [5.74, 6) is -0.827. The first kappa shape index (κ1) is 24.9. The number of aliphatic hydroxyl groups excluding tert-OH is 1. The summed E-state index contributed by atoms with van der Waals surface area (Å²) in [5.41, 5.74) is 2.68. The fourth-order valence-corrected chi connectivity index (χ4v) is 4.33. The van der Waals surface area contributed by atoms with Gasteiger partial charge in [-0.25, -0.2) is 4.79 Å². The summed E-state index contributed by atoms with van der Waals surface area (Å²) in [5, 5.41) is 19.8. The molecule has 3 rings (SSSR count). The van der Waals surface area contributed by atoms with Crippen molar-refractivity contribution in [3.05, 3.63) is 65.2 Å². The molecule has 2 N–H and O–H groups in total. The Balaban J connectivity index is 1.64. The van der Waals surface area contributed by atoms with E-state index >= 15 is 0 Å². The van der Waals surface area contributed by atoms with Crippen LogP contribution in [-0.4, -0.2) is 47.3 Å². The highest BCUT2D eigenvalue weighted by molar-refractivity contribution is 5.91. The second-order valence-electron chi connectivity index (χ2n) is 9.37. The van der Waals surface area contributed by atoms with Gasteiger partial charge < -0.3 is 19.8 Å². The van der Waals surface area contributed by atoms with Crippen LogP contribution < -0.4 is 4.90 Å². The fraction of sp³-hybridized carbons (Fsp3) is 0.481. The van der Waals surface area contributed by atoms with Gasteiger partial charge in [-0.2, -0.15) is 0 Å². The van der Waals surface area contributed by atoms with Crippen molar-refractivity contribution >= 4 is 17.4 Å². The van der Waals surface area contributed by atoms with E-state index in [2.05, 4.69) is 25.7 Å². The van der Waals surface area contributed by atoms with E-state index in [0.29, 0.717) is 13.0 Å². The number of carboxylic acid groups (broad SMARTS) is 1. The molecule has 1 saturated heterocycles. The lowest BCUT2D eigenvalue weighted by atomic mass is 9.77. The molecule has 6 nitrogen and oxygen atoms in total. The minimum atomic E-state index is -0.974. The molecule has 2 aromatic rings. The van der Waals surface area contributed by atoms with Gasteiger partial charge in [-0.3, -0.25) is 4.79 Å². The highest BCUT2D eigenvalue weighted by Crippen LogP contribution is 2.32. The first-order valence-electron chi connectivity index (χ1n) is 11.7. The van der Waals surface area contributed by atoms with E-state index in [9.17, 15) is 14.7 Å². The molecule has 0 aliphatic carbocycles. The molecule has 0 amide bonds. The van der Waals surface area contributed by atoms with E-state index < -0.39 is 12.1 Å². The zero-order valence-electron chi connectivity index (χ0n) is 19.8. The number of hydrogen-bond donors (Lipinski definition) is 2. The number of anilines is 1. The molecule has 0 aromatic heterocycles. The monoisotopic (exact) mass is 453 g/mol. The Morgan fingerprint density at radius 1 is 1.21 bits per heavy atom. The van der Waals surface area contributed by atoms with Crippen molar-refractivity contribution in [2.75, 3.05) is 18.1 Å². The van der Waals surface area contributed by atoms with Crippen molar-refractivity contribution in [1.29, 1.82) is 0 Å². The summed E-state index contributed by atoms with van der Waals surface area (Å²) in [6.45, 7) is 7.40. The average molecular weight is 454 g/mol.